The molecule has 1 aromatic heterocycles. The lowest BCUT2D eigenvalue weighted by Gasteiger charge is -2.02. The molecule has 3 rings (SSSR count). The molecule has 0 amide bonds. The van der Waals surface area contributed by atoms with Crippen LogP contribution in [-0.4, -0.2) is 23.1 Å². The summed E-state index contributed by atoms with van der Waals surface area (Å²) in [5.41, 5.74) is 2.64. The van der Waals surface area contributed by atoms with Crippen LogP contribution in [0.1, 0.15) is 48.3 Å². The molecule has 3 nitrogen and oxygen atoms in total. The van der Waals surface area contributed by atoms with Crippen molar-refractivity contribution in [3.8, 4) is 0 Å². The highest BCUT2D eigenvalue weighted by Gasteiger charge is 2.29. The van der Waals surface area contributed by atoms with Crippen LogP contribution in [0.3, 0.4) is 0 Å². The maximum atomic E-state index is 4.76. The number of H-pyrrole nitrogens is 1. The zero-order chi connectivity index (χ0) is 9.54. The quantitative estimate of drug-likeness (QED) is 0.746. The van der Waals surface area contributed by atoms with Gasteiger partial charge in [-0.2, -0.15) is 0 Å². The van der Waals surface area contributed by atoms with Gasteiger partial charge in [-0.1, -0.05) is 0 Å². The summed E-state index contributed by atoms with van der Waals surface area (Å²) in [5, 5.41) is 3.38. The highest BCUT2D eigenvalue weighted by atomic mass is 15.0. The van der Waals surface area contributed by atoms with E-state index in [-0.39, 0.29) is 0 Å². The minimum absolute atomic E-state index is 0.626. The fraction of sp³-hybridized carbons (Fsp3) is 0.727. The number of aromatic nitrogens is 2. The van der Waals surface area contributed by atoms with E-state index in [4.69, 9.17) is 4.98 Å². The first-order valence-corrected chi connectivity index (χ1v) is 5.61. The van der Waals surface area contributed by atoms with Crippen LogP contribution in [0.25, 0.3) is 0 Å². The third kappa shape index (κ3) is 1.36. The summed E-state index contributed by atoms with van der Waals surface area (Å²) >= 11 is 0. The van der Waals surface area contributed by atoms with Crippen molar-refractivity contribution < 1.29 is 0 Å². The number of hydrogen-bond acceptors (Lipinski definition) is 2. The highest BCUT2D eigenvalue weighted by Crippen LogP contribution is 2.41. The summed E-state index contributed by atoms with van der Waals surface area (Å²) in [5.74, 6) is 2.62. The molecular formula is C11H17N3. The van der Waals surface area contributed by atoms with Gasteiger partial charge in [0.15, 0.2) is 0 Å². The first-order chi connectivity index (χ1) is 6.84. The molecule has 0 bridgehead atoms. The molecule has 0 spiro atoms. The number of nitrogens with zero attached hydrogens (tertiary/aromatic N) is 1. The van der Waals surface area contributed by atoms with E-state index < -0.39 is 0 Å². The first-order valence-electron chi connectivity index (χ1n) is 5.61. The number of aryl methyl sites for hydroxylation is 1. The second kappa shape index (κ2) is 3.09. The Hall–Kier alpha value is -0.830. The van der Waals surface area contributed by atoms with E-state index >= 15 is 0 Å². The lowest BCUT2D eigenvalue weighted by atomic mass is 10.1. The van der Waals surface area contributed by atoms with Gasteiger partial charge < -0.3 is 10.3 Å². The molecule has 1 aliphatic carbocycles. The maximum Gasteiger partial charge on any atom is 0.111 e. The van der Waals surface area contributed by atoms with Gasteiger partial charge in [0.1, 0.15) is 5.82 Å². The van der Waals surface area contributed by atoms with Crippen molar-refractivity contribution in [3.63, 3.8) is 0 Å². The zero-order valence-electron chi connectivity index (χ0n) is 8.64. The summed E-state index contributed by atoms with van der Waals surface area (Å²) in [6, 6.07) is 0. The monoisotopic (exact) mass is 191 g/mol. The van der Waals surface area contributed by atoms with Crippen LogP contribution in [0.2, 0.25) is 0 Å². The van der Waals surface area contributed by atoms with Crippen molar-refractivity contribution in [2.75, 3.05) is 13.1 Å². The lowest BCUT2D eigenvalue weighted by Crippen LogP contribution is -2.08. The predicted octanol–water partition coefficient (Wildman–Crippen LogP) is 1.67. The maximum absolute atomic E-state index is 4.76. The Bertz CT molecular complexity index is 332. The molecule has 14 heavy (non-hydrogen) atoms. The van der Waals surface area contributed by atoms with E-state index in [0.29, 0.717) is 5.92 Å². The smallest absolute Gasteiger partial charge is 0.111 e. The Kier molecular flexibility index (Phi) is 1.87. The Balaban J connectivity index is 1.87. The predicted molar refractivity (Wildman–Crippen MR) is 55.5 cm³/mol. The van der Waals surface area contributed by atoms with Crippen LogP contribution in [0.15, 0.2) is 0 Å². The van der Waals surface area contributed by atoms with Gasteiger partial charge in [-0.15, -0.1) is 0 Å². The van der Waals surface area contributed by atoms with Crippen molar-refractivity contribution in [3.05, 3.63) is 17.2 Å². The van der Waals surface area contributed by atoms with Crippen LogP contribution < -0.4 is 5.32 Å². The molecule has 1 aromatic rings. The Morgan fingerprint density at radius 2 is 2.07 bits per heavy atom. The topological polar surface area (TPSA) is 40.7 Å². The molecule has 2 heterocycles. The van der Waals surface area contributed by atoms with Crippen LogP contribution >= 0.6 is 0 Å². The molecule has 1 saturated carbocycles. The number of nitrogens with one attached hydrogen (secondary N) is 2. The average molecular weight is 191 g/mol. The van der Waals surface area contributed by atoms with E-state index in [9.17, 15) is 0 Å². The molecule has 1 atom stereocenters. The molecule has 2 aliphatic rings. The second-order valence-corrected chi connectivity index (χ2v) is 4.60. The second-order valence-electron chi connectivity index (χ2n) is 4.60. The Morgan fingerprint density at radius 1 is 1.21 bits per heavy atom. The van der Waals surface area contributed by atoms with Gasteiger partial charge in [-0.3, -0.25) is 0 Å². The Labute approximate surface area is 84.3 Å². The highest BCUT2D eigenvalue weighted by molar-refractivity contribution is 5.23. The molecule has 3 heteroatoms. The molecule has 2 fully saturated rings. The van der Waals surface area contributed by atoms with E-state index in [1.54, 1.807) is 0 Å². The van der Waals surface area contributed by atoms with Crippen molar-refractivity contribution in [1.29, 1.82) is 0 Å². The fourth-order valence-corrected chi connectivity index (χ4v) is 2.33. The number of rotatable bonds is 2. The van der Waals surface area contributed by atoms with E-state index in [1.165, 1.54) is 36.5 Å². The van der Waals surface area contributed by atoms with Gasteiger partial charge in [0.05, 0.1) is 5.69 Å². The molecule has 1 aliphatic heterocycles. The molecule has 0 aromatic carbocycles. The normalized spacial score (nSPS) is 27.1. The van der Waals surface area contributed by atoms with Crippen molar-refractivity contribution >= 4 is 0 Å². The van der Waals surface area contributed by atoms with Gasteiger partial charge in [0.25, 0.3) is 0 Å². The number of imidazole rings is 1. The van der Waals surface area contributed by atoms with E-state index in [1.807, 2.05) is 0 Å². The largest absolute Gasteiger partial charge is 0.346 e. The zero-order valence-corrected chi connectivity index (χ0v) is 8.64. The van der Waals surface area contributed by atoms with Gasteiger partial charge in [0.2, 0.25) is 0 Å². The lowest BCUT2D eigenvalue weighted by molar-refractivity contribution is 0.710. The Morgan fingerprint density at radius 3 is 2.71 bits per heavy atom. The van der Waals surface area contributed by atoms with Crippen LogP contribution in [0.4, 0.5) is 0 Å². The number of aromatic amines is 1. The summed E-state index contributed by atoms with van der Waals surface area (Å²) in [7, 11) is 0. The van der Waals surface area contributed by atoms with Crippen LogP contribution in [0, 0.1) is 6.92 Å². The summed E-state index contributed by atoms with van der Waals surface area (Å²) in [4.78, 5) is 8.22. The van der Waals surface area contributed by atoms with Gasteiger partial charge >= 0.3 is 0 Å². The molecule has 2 N–H and O–H groups in total. The molecular weight excluding hydrogens is 174 g/mol. The molecule has 1 unspecified atom stereocenters. The van der Waals surface area contributed by atoms with Crippen molar-refractivity contribution in [1.82, 2.24) is 15.3 Å². The standard InChI is InChI=1S/C11H17N3/c1-7-10(8-2-3-8)14-11(13-7)9-4-5-12-6-9/h8-9,12H,2-6H2,1H3,(H,13,14). The van der Waals surface area contributed by atoms with E-state index in [2.05, 4.69) is 17.2 Å². The number of hydrogen-bond donors (Lipinski definition) is 2. The van der Waals surface area contributed by atoms with Crippen molar-refractivity contribution in [2.45, 2.75) is 38.0 Å². The summed E-state index contributed by atoms with van der Waals surface area (Å²) < 4.78 is 0. The van der Waals surface area contributed by atoms with E-state index in [0.717, 1.165) is 19.0 Å². The first kappa shape index (κ1) is 8.48. The van der Waals surface area contributed by atoms with Gasteiger partial charge in [-0.05, 0) is 32.7 Å². The minimum Gasteiger partial charge on any atom is -0.346 e. The SMILES string of the molecule is Cc1[nH]c(C2CCNC2)nc1C1CC1. The van der Waals surface area contributed by atoms with Gasteiger partial charge in [-0.25, -0.2) is 4.98 Å². The molecule has 76 valence electrons. The van der Waals surface area contributed by atoms with Crippen LogP contribution in [0.5, 0.6) is 0 Å². The minimum atomic E-state index is 0.626. The summed E-state index contributed by atoms with van der Waals surface area (Å²) in [6.07, 6.45) is 3.92. The third-order valence-corrected chi connectivity index (χ3v) is 3.35. The van der Waals surface area contributed by atoms with Crippen LogP contribution in [-0.2, 0) is 0 Å². The fourth-order valence-electron chi connectivity index (χ4n) is 2.33. The molecule has 1 saturated heterocycles. The van der Waals surface area contributed by atoms with Gasteiger partial charge in [0, 0.05) is 24.1 Å². The average Bonchev–Trinajstić information content (AvgIpc) is 2.75. The molecule has 0 radical (unpaired) electrons. The summed E-state index contributed by atoms with van der Waals surface area (Å²) in [6.45, 7) is 4.40. The third-order valence-electron chi connectivity index (χ3n) is 3.35. The van der Waals surface area contributed by atoms with Crippen molar-refractivity contribution in [2.24, 2.45) is 0 Å².